The summed E-state index contributed by atoms with van der Waals surface area (Å²) in [6, 6.07) is 1.73. The van der Waals surface area contributed by atoms with Crippen molar-refractivity contribution in [1.82, 2.24) is 9.97 Å². The summed E-state index contributed by atoms with van der Waals surface area (Å²) in [7, 11) is 0. The summed E-state index contributed by atoms with van der Waals surface area (Å²) in [6.07, 6.45) is 0. The van der Waals surface area contributed by atoms with Gasteiger partial charge < -0.3 is 10.1 Å². The summed E-state index contributed by atoms with van der Waals surface area (Å²) in [5, 5.41) is 10.9. The summed E-state index contributed by atoms with van der Waals surface area (Å²) in [4.78, 5) is 29.2. The average molecular weight is 315 g/mol. The van der Waals surface area contributed by atoms with Crippen LogP contribution in [-0.2, 0) is 0 Å². The van der Waals surface area contributed by atoms with E-state index >= 15 is 0 Å². The molecule has 2 N–H and O–H groups in total. The van der Waals surface area contributed by atoms with Gasteiger partial charge in [0, 0.05) is 15.5 Å². The van der Waals surface area contributed by atoms with Crippen molar-refractivity contribution in [1.29, 1.82) is 0 Å². The van der Waals surface area contributed by atoms with Crippen molar-refractivity contribution in [2.45, 2.75) is 6.92 Å². The van der Waals surface area contributed by atoms with Crippen molar-refractivity contribution in [3.8, 4) is 10.6 Å². The predicted molar refractivity (Wildman–Crippen MR) is 67.6 cm³/mol. The van der Waals surface area contributed by atoms with Crippen LogP contribution in [0.5, 0.6) is 0 Å². The van der Waals surface area contributed by atoms with E-state index in [9.17, 15) is 9.59 Å². The minimum atomic E-state index is -1.11. The van der Waals surface area contributed by atoms with E-state index in [2.05, 4.69) is 25.9 Å². The van der Waals surface area contributed by atoms with Gasteiger partial charge >= 0.3 is 11.7 Å². The van der Waals surface area contributed by atoms with Gasteiger partial charge in [0.05, 0.1) is 4.88 Å². The molecule has 5 nitrogen and oxygen atoms in total. The molecule has 17 heavy (non-hydrogen) atoms. The molecule has 0 aliphatic heterocycles. The van der Waals surface area contributed by atoms with Crippen LogP contribution in [-0.4, -0.2) is 21.0 Å². The number of carboxylic acid groups (broad SMARTS) is 1. The number of hydrogen-bond acceptors (Lipinski definition) is 4. The lowest BCUT2D eigenvalue weighted by Crippen LogP contribution is -2.18. The Balaban J connectivity index is 2.75. The summed E-state index contributed by atoms with van der Waals surface area (Å²) < 4.78 is 0.827. The highest BCUT2D eigenvalue weighted by Gasteiger charge is 2.18. The van der Waals surface area contributed by atoms with Gasteiger partial charge in [-0.3, -0.25) is 0 Å². The van der Waals surface area contributed by atoms with Crippen molar-refractivity contribution in [2.24, 2.45) is 0 Å². The zero-order chi connectivity index (χ0) is 12.6. The number of hydrogen-bond donors (Lipinski definition) is 2. The first-order chi connectivity index (χ1) is 7.99. The number of thiophene rings is 1. The summed E-state index contributed by atoms with van der Waals surface area (Å²) in [6.45, 7) is 1.54. The molecule has 0 aromatic carbocycles. The molecule has 0 aliphatic rings. The Labute approximate surface area is 108 Å². The molecule has 7 heteroatoms. The van der Waals surface area contributed by atoms with Gasteiger partial charge in [0.2, 0.25) is 0 Å². The number of nitrogens with zero attached hydrogens (tertiary/aromatic N) is 1. The van der Waals surface area contributed by atoms with Crippen molar-refractivity contribution in [3.05, 3.63) is 37.7 Å². The fraction of sp³-hybridized carbons (Fsp3) is 0.100. The largest absolute Gasteiger partial charge is 0.478 e. The molecular formula is C10H7BrN2O3S. The minimum absolute atomic E-state index is 0.0268. The van der Waals surface area contributed by atoms with Crippen LogP contribution in [0.2, 0.25) is 0 Å². The molecular weight excluding hydrogens is 308 g/mol. The Morgan fingerprint density at radius 2 is 2.29 bits per heavy atom. The highest BCUT2D eigenvalue weighted by molar-refractivity contribution is 9.10. The molecule has 0 saturated heterocycles. The molecule has 0 fully saturated rings. The maximum absolute atomic E-state index is 11.3. The van der Waals surface area contributed by atoms with E-state index in [4.69, 9.17) is 5.11 Å². The van der Waals surface area contributed by atoms with E-state index in [-0.39, 0.29) is 11.3 Å². The zero-order valence-corrected chi connectivity index (χ0v) is 11.1. The first kappa shape index (κ1) is 12.0. The Morgan fingerprint density at radius 3 is 2.82 bits per heavy atom. The van der Waals surface area contributed by atoms with Gasteiger partial charge in [0.1, 0.15) is 11.3 Å². The fourth-order valence-electron chi connectivity index (χ4n) is 1.46. The summed E-state index contributed by atoms with van der Waals surface area (Å²) in [5.74, 6) is -1.11. The van der Waals surface area contributed by atoms with E-state index in [1.165, 1.54) is 11.3 Å². The van der Waals surface area contributed by atoms with Gasteiger partial charge in [0.25, 0.3) is 0 Å². The van der Waals surface area contributed by atoms with E-state index < -0.39 is 11.7 Å². The van der Waals surface area contributed by atoms with Gasteiger partial charge in [-0.2, -0.15) is 4.98 Å². The van der Waals surface area contributed by atoms with E-state index in [0.717, 1.165) is 4.47 Å². The first-order valence-corrected chi connectivity index (χ1v) is 6.25. The molecule has 0 amide bonds. The lowest BCUT2D eigenvalue weighted by atomic mass is 10.1. The number of nitrogens with one attached hydrogen (secondary N) is 1. The highest BCUT2D eigenvalue weighted by atomic mass is 79.9. The monoisotopic (exact) mass is 314 g/mol. The van der Waals surface area contributed by atoms with Crippen LogP contribution >= 0.6 is 27.3 Å². The van der Waals surface area contributed by atoms with Gasteiger partial charge in [-0.1, -0.05) is 0 Å². The van der Waals surface area contributed by atoms with Gasteiger partial charge in [-0.25, -0.2) is 9.59 Å². The van der Waals surface area contributed by atoms with Crippen LogP contribution in [0.4, 0.5) is 0 Å². The lowest BCUT2D eigenvalue weighted by molar-refractivity contribution is 0.0696. The van der Waals surface area contributed by atoms with Crippen LogP contribution in [0.25, 0.3) is 10.6 Å². The van der Waals surface area contributed by atoms with Crippen LogP contribution < -0.4 is 5.69 Å². The molecule has 88 valence electrons. The molecule has 0 unspecified atom stereocenters. The number of halogens is 1. The van der Waals surface area contributed by atoms with E-state index in [1.54, 1.807) is 18.4 Å². The highest BCUT2D eigenvalue weighted by Crippen LogP contribution is 2.30. The summed E-state index contributed by atoms with van der Waals surface area (Å²) in [5.41, 5.74) is -0.0163. The fourth-order valence-corrected chi connectivity index (χ4v) is 2.89. The Bertz CT molecular complexity index is 647. The number of rotatable bonds is 2. The maximum atomic E-state index is 11.3. The molecule has 0 aliphatic carbocycles. The average Bonchev–Trinajstić information content (AvgIpc) is 2.62. The standard InChI is InChI=1S/C10H7BrN2O3S/c1-4-7(9(14)15)8(13-10(16)12-4)6-2-5(11)3-17-6/h2-3H,1H3,(H,14,15)(H,12,13,16). The van der Waals surface area contributed by atoms with Crippen molar-refractivity contribution >= 4 is 33.2 Å². The molecule has 2 rings (SSSR count). The SMILES string of the molecule is Cc1[nH]c(=O)nc(-c2cc(Br)cs2)c1C(=O)O. The quantitative estimate of drug-likeness (QED) is 0.890. The predicted octanol–water partition coefficient (Wildman–Crippen LogP) is 2.27. The molecule has 0 saturated carbocycles. The first-order valence-electron chi connectivity index (χ1n) is 4.57. The van der Waals surface area contributed by atoms with Gasteiger partial charge in [0.15, 0.2) is 0 Å². The molecule has 2 aromatic heterocycles. The second-order valence-corrected chi connectivity index (χ2v) is 5.15. The zero-order valence-electron chi connectivity index (χ0n) is 8.65. The number of aromatic amines is 1. The molecule has 0 spiro atoms. The smallest absolute Gasteiger partial charge is 0.345 e. The van der Waals surface area contributed by atoms with Crippen LogP contribution in [0.3, 0.4) is 0 Å². The van der Waals surface area contributed by atoms with Crippen LogP contribution in [0.1, 0.15) is 16.1 Å². The van der Waals surface area contributed by atoms with Gasteiger partial charge in [-0.15, -0.1) is 11.3 Å². The Kier molecular flexibility index (Phi) is 3.12. The second kappa shape index (κ2) is 4.42. The molecule has 0 bridgehead atoms. The van der Waals surface area contributed by atoms with Gasteiger partial charge in [-0.05, 0) is 28.9 Å². The Hall–Kier alpha value is -1.47. The molecule has 2 aromatic rings. The number of aromatic nitrogens is 2. The number of carbonyl (C=O) groups is 1. The normalized spacial score (nSPS) is 10.5. The number of aryl methyl sites for hydroxylation is 1. The minimum Gasteiger partial charge on any atom is -0.478 e. The molecule has 2 heterocycles. The third-order valence-corrected chi connectivity index (χ3v) is 3.83. The van der Waals surface area contributed by atoms with Crippen molar-refractivity contribution in [2.75, 3.05) is 0 Å². The second-order valence-electron chi connectivity index (χ2n) is 3.32. The maximum Gasteiger partial charge on any atom is 0.345 e. The van der Waals surface area contributed by atoms with Crippen molar-refractivity contribution < 1.29 is 9.90 Å². The third kappa shape index (κ3) is 2.29. The lowest BCUT2D eigenvalue weighted by Gasteiger charge is -2.04. The number of aromatic carboxylic acids is 1. The third-order valence-electron chi connectivity index (χ3n) is 2.13. The molecule has 0 atom stereocenters. The Morgan fingerprint density at radius 1 is 1.59 bits per heavy atom. The topological polar surface area (TPSA) is 83.0 Å². The van der Waals surface area contributed by atoms with Crippen molar-refractivity contribution in [3.63, 3.8) is 0 Å². The number of H-pyrrole nitrogens is 1. The van der Waals surface area contributed by atoms with Crippen LogP contribution in [0.15, 0.2) is 20.7 Å². The number of carboxylic acids is 1. The molecule has 0 radical (unpaired) electrons. The summed E-state index contributed by atoms with van der Waals surface area (Å²) >= 11 is 4.60. The van der Waals surface area contributed by atoms with E-state index in [1.807, 2.05) is 0 Å². The van der Waals surface area contributed by atoms with E-state index in [0.29, 0.717) is 10.6 Å². The van der Waals surface area contributed by atoms with Crippen LogP contribution in [0, 0.1) is 6.92 Å².